The topological polar surface area (TPSA) is 89.9 Å². The molecule has 1 aliphatic rings. The SMILES string of the molecule is CCC(C)c1ccc(OCCn2cccc2/C=C2\C(=O)NC(=O)N(c3ccc(OC)c(Cl)c3)C2=O)cc1. The Labute approximate surface area is 220 Å². The van der Waals surface area contributed by atoms with Gasteiger partial charge in [0.25, 0.3) is 11.8 Å². The van der Waals surface area contributed by atoms with E-state index in [1.807, 2.05) is 29.0 Å². The summed E-state index contributed by atoms with van der Waals surface area (Å²) in [6.07, 6.45) is 4.37. The number of anilines is 1. The highest BCUT2D eigenvalue weighted by Crippen LogP contribution is 2.31. The number of ether oxygens (including phenoxy) is 2. The highest BCUT2D eigenvalue weighted by molar-refractivity contribution is 6.39. The molecule has 1 fully saturated rings. The number of imide groups is 2. The summed E-state index contributed by atoms with van der Waals surface area (Å²) in [6.45, 7) is 5.23. The number of nitrogens with one attached hydrogen (secondary N) is 1. The van der Waals surface area contributed by atoms with Gasteiger partial charge in [-0.3, -0.25) is 14.9 Å². The minimum atomic E-state index is -0.850. The average Bonchev–Trinajstić information content (AvgIpc) is 3.33. The minimum Gasteiger partial charge on any atom is -0.495 e. The van der Waals surface area contributed by atoms with Gasteiger partial charge >= 0.3 is 6.03 Å². The summed E-state index contributed by atoms with van der Waals surface area (Å²) in [4.78, 5) is 39.1. The monoisotopic (exact) mass is 521 g/mol. The summed E-state index contributed by atoms with van der Waals surface area (Å²) in [5, 5.41) is 2.45. The van der Waals surface area contributed by atoms with Crippen molar-refractivity contribution in [1.82, 2.24) is 9.88 Å². The molecule has 192 valence electrons. The Hall–Kier alpha value is -4.04. The van der Waals surface area contributed by atoms with Gasteiger partial charge in [0.2, 0.25) is 0 Å². The van der Waals surface area contributed by atoms with Gasteiger partial charge in [-0.25, -0.2) is 9.69 Å². The van der Waals surface area contributed by atoms with E-state index in [0.29, 0.717) is 30.5 Å². The van der Waals surface area contributed by atoms with Gasteiger partial charge in [0, 0.05) is 11.9 Å². The molecule has 0 bridgehead atoms. The second kappa shape index (κ2) is 11.3. The van der Waals surface area contributed by atoms with Crippen LogP contribution in [0.1, 0.15) is 37.4 Å². The smallest absolute Gasteiger partial charge is 0.335 e. The van der Waals surface area contributed by atoms with E-state index < -0.39 is 17.8 Å². The van der Waals surface area contributed by atoms with Crippen molar-refractivity contribution in [3.63, 3.8) is 0 Å². The summed E-state index contributed by atoms with van der Waals surface area (Å²) >= 11 is 6.17. The van der Waals surface area contributed by atoms with Crippen molar-refractivity contribution < 1.29 is 23.9 Å². The third-order valence-electron chi connectivity index (χ3n) is 6.31. The Morgan fingerprint density at radius 3 is 2.51 bits per heavy atom. The molecule has 2 heterocycles. The second-order valence-electron chi connectivity index (χ2n) is 8.63. The fourth-order valence-electron chi connectivity index (χ4n) is 3.99. The predicted molar refractivity (Wildman–Crippen MR) is 142 cm³/mol. The third-order valence-corrected chi connectivity index (χ3v) is 6.61. The van der Waals surface area contributed by atoms with Crippen molar-refractivity contribution in [2.75, 3.05) is 18.6 Å². The zero-order valence-electron chi connectivity index (χ0n) is 20.9. The Morgan fingerprint density at radius 1 is 1.08 bits per heavy atom. The Morgan fingerprint density at radius 2 is 1.84 bits per heavy atom. The first-order valence-corrected chi connectivity index (χ1v) is 12.3. The Bertz CT molecular complexity index is 1350. The Balaban J connectivity index is 1.48. The zero-order chi connectivity index (χ0) is 26.5. The third kappa shape index (κ3) is 5.70. The Kier molecular flexibility index (Phi) is 7.98. The van der Waals surface area contributed by atoms with Crippen LogP contribution in [0.5, 0.6) is 11.5 Å². The standard InChI is InChI=1S/C28H28ClN3O5/c1-4-18(2)19-7-10-22(11-8-19)37-15-14-31-13-5-6-20(31)16-23-26(33)30-28(35)32(27(23)34)21-9-12-25(36-3)24(29)17-21/h5-13,16-18H,4,14-15H2,1-3H3,(H,30,33,35)/b23-16+. The maximum absolute atomic E-state index is 13.2. The van der Waals surface area contributed by atoms with E-state index in [9.17, 15) is 14.4 Å². The molecule has 3 aromatic rings. The molecule has 0 radical (unpaired) electrons. The fraction of sp³-hybridized carbons (Fsp3) is 0.250. The summed E-state index contributed by atoms with van der Waals surface area (Å²) in [6, 6.07) is 15.3. The lowest BCUT2D eigenvalue weighted by Crippen LogP contribution is -2.54. The lowest BCUT2D eigenvalue weighted by Gasteiger charge is -2.26. The van der Waals surface area contributed by atoms with Crippen molar-refractivity contribution >= 4 is 41.2 Å². The van der Waals surface area contributed by atoms with Crippen molar-refractivity contribution in [1.29, 1.82) is 0 Å². The molecule has 1 N–H and O–H groups in total. The number of hydrogen-bond acceptors (Lipinski definition) is 5. The number of methoxy groups -OCH3 is 1. The molecule has 1 atom stereocenters. The quantitative estimate of drug-likeness (QED) is 0.300. The largest absolute Gasteiger partial charge is 0.495 e. The van der Waals surface area contributed by atoms with Crippen LogP contribution in [-0.4, -0.2) is 36.1 Å². The molecular weight excluding hydrogens is 494 g/mol. The van der Waals surface area contributed by atoms with Gasteiger partial charge in [-0.05, 0) is 66.4 Å². The lowest BCUT2D eigenvalue weighted by atomic mass is 9.99. The van der Waals surface area contributed by atoms with Gasteiger partial charge in [-0.1, -0.05) is 37.6 Å². The number of aromatic nitrogens is 1. The van der Waals surface area contributed by atoms with Gasteiger partial charge in [0.15, 0.2) is 0 Å². The van der Waals surface area contributed by atoms with Crippen molar-refractivity contribution in [3.05, 3.63) is 82.6 Å². The number of carbonyl (C=O) groups is 3. The molecule has 0 aliphatic carbocycles. The van der Waals surface area contributed by atoms with Gasteiger partial charge in [0.05, 0.1) is 24.4 Å². The fourth-order valence-corrected chi connectivity index (χ4v) is 4.24. The molecule has 9 heteroatoms. The van der Waals surface area contributed by atoms with Crippen molar-refractivity contribution in [3.8, 4) is 11.5 Å². The van der Waals surface area contributed by atoms with Crippen LogP contribution in [-0.2, 0) is 16.1 Å². The van der Waals surface area contributed by atoms with E-state index in [1.54, 1.807) is 12.1 Å². The molecule has 0 saturated carbocycles. The first-order chi connectivity index (χ1) is 17.8. The van der Waals surface area contributed by atoms with Gasteiger partial charge in [0.1, 0.15) is 23.7 Å². The molecular formula is C28H28ClN3O5. The first kappa shape index (κ1) is 26.0. The molecule has 4 rings (SSSR count). The van der Waals surface area contributed by atoms with Crippen LogP contribution in [0.3, 0.4) is 0 Å². The number of nitrogens with zero attached hydrogens (tertiary/aromatic N) is 2. The summed E-state index contributed by atoms with van der Waals surface area (Å²) < 4.78 is 12.9. The average molecular weight is 522 g/mol. The molecule has 1 unspecified atom stereocenters. The van der Waals surface area contributed by atoms with E-state index in [4.69, 9.17) is 21.1 Å². The van der Waals surface area contributed by atoms with E-state index in [1.165, 1.54) is 30.9 Å². The molecule has 1 aromatic heterocycles. The zero-order valence-corrected chi connectivity index (χ0v) is 21.6. The maximum Gasteiger partial charge on any atom is 0.335 e. The van der Waals surface area contributed by atoms with Crippen LogP contribution in [0.15, 0.2) is 66.4 Å². The van der Waals surface area contributed by atoms with Gasteiger partial charge < -0.3 is 14.0 Å². The number of hydrogen-bond donors (Lipinski definition) is 1. The van der Waals surface area contributed by atoms with E-state index in [-0.39, 0.29) is 16.3 Å². The molecule has 37 heavy (non-hydrogen) atoms. The molecule has 1 saturated heterocycles. The van der Waals surface area contributed by atoms with Crippen LogP contribution in [0, 0.1) is 0 Å². The van der Waals surface area contributed by atoms with Crippen molar-refractivity contribution in [2.45, 2.75) is 32.7 Å². The number of benzene rings is 2. The number of rotatable bonds is 9. The molecule has 4 amide bonds. The number of barbiturate groups is 1. The highest BCUT2D eigenvalue weighted by atomic mass is 35.5. The second-order valence-corrected chi connectivity index (χ2v) is 9.04. The maximum atomic E-state index is 13.2. The number of halogens is 1. The minimum absolute atomic E-state index is 0.173. The van der Waals surface area contributed by atoms with Crippen LogP contribution in [0.2, 0.25) is 5.02 Å². The van der Waals surface area contributed by atoms with Crippen LogP contribution in [0.4, 0.5) is 10.5 Å². The van der Waals surface area contributed by atoms with Crippen LogP contribution >= 0.6 is 11.6 Å². The van der Waals surface area contributed by atoms with Gasteiger partial charge in [-0.15, -0.1) is 0 Å². The summed E-state index contributed by atoms with van der Waals surface area (Å²) in [5.41, 5.74) is 1.94. The van der Waals surface area contributed by atoms with Crippen LogP contribution < -0.4 is 19.7 Å². The van der Waals surface area contributed by atoms with Crippen molar-refractivity contribution in [2.24, 2.45) is 0 Å². The number of amides is 4. The molecule has 2 aromatic carbocycles. The molecule has 0 spiro atoms. The van der Waals surface area contributed by atoms with Crippen LogP contribution in [0.25, 0.3) is 6.08 Å². The van der Waals surface area contributed by atoms with E-state index in [0.717, 1.165) is 17.1 Å². The van der Waals surface area contributed by atoms with E-state index in [2.05, 4.69) is 31.3 Å². The summed E-state index contributed by atoms with van der Waals surface area (Å²) in [7, 11) is 1.46. The molecule has 8 nitrogen and oxygen atoms in total. The highest BCUT2D eigenvalue weighted by Gasteiger charge is 2.37. The number of urea groups is 1. The predicted octanol–water partition coefficient (Wildman–Crippen LogP) is 5.41. The normalized spacial score (nSPS) is 15.6. The number of carbonyl (C=O) groups excluding carboxylic acids is 3. The summed E-state index contributed by atoms with van der Waals surface area (Å²) in [5.74, 6) is 0.149. The first-order valence-electron chi connectivity index (χ1n) is 11.9. The van der Waals surface area contributed by atoms with Gasteiger partial charge in [-0.2, -0.15) is 0 Å². The van der Waals surface area contributed by atoms with E-state index >= 15 is 0 Å². The molecule has 1 aliphatic heterocycles. The lowest BCUT2D eigenvalue weighted by molar-refractivity contribution is -0.122.